The van der Waals surface area contributed by atoms with E-state index in [4.69, 9.17) is 16.9 Å². The standard InChI is InChI=1S/C16H11ClN6/c17-13-3-1-2-4-14(13)21-16-22-15(10-19-23-16)20-12-7-5-11(9-18)6-8-12/h1-8,10H,(H2,20,21,22,23). The zero-order chi connectivity index (χ0) is 16.1. The van der Waals surface area contributed by atoms with E-state index in [1.54, 1.807) is 30.3 Å². The van der Waals surface area contributed by atoms with Crippen LogP contribution < -0.4 is 10.6 Å². The van der Waals surface area contributed by atoms with Gasteiger partial charge in [0.2, 0.25) is 5.95 Å². The molecule has 0 bridgehead atoms. The van der Waals surface area contributed by atoms with Crippen LogP contribution >= 0.6 is 11.6 Å². The summed E-state index contributed by atoms with van der Waals surface area (Å²) in [5, 5.41) is 23.3. The molecule has 1 aromatic heterocycles. The monoisotopic (exact) mass is 322 g/mol. The molecule has 0 radical (unpaired) electrons. The van der Waals surface area contributed by atoms with Gasteiger partial charge in [-0.15, -0.1) is 5.10 Å². The number of benzene rings is 2. The predicted molar refractivity (Wildman–Crippen MR) is 89.0 cm³/mol. The summed E-state index contributed by atoms with van der Waals surface area (Å²) in [4.78, 5) is 4.33. The number of para-hydroxylation sites is 1. The fourth-order valence-electron chi connectivity index (χ4n) is 1.88. The fourth-order valence-corrected chi connectivity index (χ4v) is 2.06. The van der Waals surface area contributed by atoms with Crippen molar-refractivity contribution in [2.24, 2.45) is 0 Å². The molecule has 3 rings (SSSR count). The van der Waals surface area contributed by atoms with Crippen molar-refractivity contribution in [2.75, 3.05) is 10.6 Å². The summed E-state index contributed by atoms with van der Waals surface area (Å²) in [5.74, 6) is 0.857. The van der Waals surface area contributed by atoms with Crippen LogP contribution in [0.2, 0.25) is 5.02 Å². The summed E-state index contributed by atoms with van der Waals surface area (Å²) in [6.45, 7) is 0. The summed E-state index contributed by atoms with van der Waals surface area (Å²) in [6.07, 6.45) is 1.51. The van der Waals surface area contributed by atoms with Crippen molar-refractivity contribution >= 4 is 34.7 Å². The Kier molecular flexibility index (Phi) is 4.32. The first-order chi connectivity index (χ1) is 11.2. The Labute approximate surface area is 137 Å². The van der Waals surface area contributed by atoms with Gasteiger partial charge in [0.25, 0.3) is 0 Å². The lowest BCUT2D eigenvalue weighted by molar-refractivity contribution is 0.982. The van der Waals surface area contributed by atoms with Crippen molar-refractivity contribution in [1.82, 2.24) is 15.2 Å². The minimum absolute atomic E-state index is 0.330. The molecule has 0 aliphatic rings. The lowest BCUT2D eigenvalue weighted by Crippen LogP contribution is -2.02. The van der Waals surface area contributed by atoms with Gasteiger partial charge in [0.05, 0.1) is 28.5 Å². The molecule has 112 valence electrons. The van der Waals surface area contributed by atoms with E-state index in [0.717, 1.165) is 5.69 Å². The van der Waals surface area contributed by atoms with Gasteiger partial charge >= 0.3 is 0 Å². The van der Waals surface area contributed by atoms with Crippen LogP contribution in [-0.2, 0) is 0 Å². The van der Waals surface area contributed by atoms with Crippen LogP contribution in [0.15, 0.2) is 54.7 Å². The quantitative estimate of drug-likeness (QED) is 0.758. The van der Waals surface area contributed by atoms with Gasteiger partial charge in [-0.25, -0.2) is 0 Å². The Morgan fingerprint density at radius 1 is 1.00 bits per heavy atom. The second kappa shape index (κ2) is 6.73. The molecule has 7 heteroatoms. The normalized spacial score (nSPS) is 9.91. The molecule has 1 heterocycles. The van der Waals surface area contributed by atoms with Crippen molar-refractivity contribution in [1.29, 1.82) is 5.26 Å². The second-order valence-corrected chi connectivity index (χ2v) is 4.99. The highest BCUT2D eigenvalue weighted by Crippen LogP contribution is 2.23. The average molecular weight is 323 g/mol. The number of rotatable bonds is 4. The van der Waals surface area contributed by atoms with E-state index in [0.29, 0.717) is 28.0 Å². The molecule has 2 N–H and O–H groups in total. The summed E-state index contributed by atoms with van der Waals surface area (Å²) in [5.41, 5.74) is 2.09. The zero-order valence-corrected chi connectivity index (χ0v) is 12.6. The Hall–Kier alpha value is -3.17. The third-order valence-corrected chi connectivity index (χ3v) is 3.30. The first-order valence-corrected chi connectivity index (χ1v) is 7.11. The molecule has 23 heavy (non-hydrogen) atoms. The van der Waals surface area contributed by atoms with E-state index >= 15 is 0 Å². The number of nitrogens with one attached hydrogen (secondary N) is 2. The topological polar surface area (TPSA) is 86.5 Å². The molecule has 0 atom stereocenters. The Morgan fingerprint density at radius 2 is 1.78 bits per heavy atom. The molecule has 0 aliphatic carbocycles. The predicted octanol–water partition coefficient (Wildman–Crippen LogP) is 3.88. The number of hydrogen-bond acceptors (Lipinski definition) is 6. The molecular weight excluding hydrogens is 312 g/mol. The zero-order valence-electron chi connectivity index (χ0n) is 11.9. The van der Waals surface area contributed by atoms with Gasteiger partial charge in [-0.2, -0.15) is 15.3 Å². The molecule has 3 aromatic rings. The molecular formula is C16H11ClN6. The molecule has 2 aromatic carbocycles. The van der Waals surface area contributed by atoms with E-state index in [-0.39, 0.29) is 0 Å². The first-order valence-electron chi connectivity index (χ1n) is 6.73. The van der Waals surface area contributed by atoms with Gasteiger partial charge in [-0.1, -0.05) is 23.7 Å². The minimum Gasteiger partial charge on any atom is -0.339 e. The number of nitriles is 1. The van der Waals surface area contributed by atoms with Crippen LogP contribution in [0.1, 0.15) is 5.56 Å². The van der Waals surface area contributed by atoms with Gasteiger partial charge in [-0.05, 0) is 36.4 Å². The van der Waals surface area contributed by atoms with Crippen molar-refractivity contribution in [3.8, 4) is 6.07 Å². The molecule has 0 aliphatic heterocycles. The number of halogens is 1. The van der Waals surface area contributed by atoms with Crippen LogP contribution in [0.4, 0.5) is 23.1 Å². The van der Waals surface area contributed by atoms with Crippen LogP contribution in [0, 0.1) is 11.3 Å². The maximum absolute atomic E-state index is 8.80. The number of nitrogens with zero attached hydrogens (tertiary/aromatic N) is 4. The SMILES string of the molecule is N#Cc1ccc(Nc2cnnc(Nc3ccccc3Cl)n2)cc1. The summed E-state index contributed by atoms with van der Waals surface area (Å²) in [6, 6.07) is 16.4. The lowest BCUT2D eigenvalue weighted by atomic mass is 10.2. The average Bonchev–Trinajstić information content (AvgIpc) is 2.58. The summed E-state index contributed by atoms with van der Waals surface area (Å²) < 4.78 is 0. The molecule has 0 saturated carbocycles. The van der Waals surface area contributed by atoms with Crippen molar-refractivity contribution in [3.05, 3.63) is 65.3 Å². The summed E-state index contributed by atoms with van der Waals surface area (Å²) in [7, 11) is 0. The van der Waals surface area contributed by atoms with Crippen molar-refractivity contribution < 1.29 is 0 Å². The van der Waals surface area contributed by atoms with Gasteiger partial charge in [-0.3, -0.25) is 0 Å². The third kappa shape index (κ3) is 3.73. The van der Waals surface area contributed by atoms with E-state index in [1.165, 1.54) is 6.20 Å². The molecule has 6 nitrogen and oxygen atoms in total. The van der Waals surface area contributed by atoms with E-state index in [9.17, 15) is 0 Å². The smallest absolute Gasteiger partial charge is 0.249 e. The number of hydrogen-bond donors (Lipinski definition) is 2. The molecule has 0 saturated heterocycles. The molecule has 0 spiro atoms. The minimum atomic E-state index is 0.330. The highest BCUT2D eigenvalue weighted by atomic mass is 35.5. The van der Waals surface area contributed by atoms with E-state index in [1.807, 2.05) is 18.2 Å². The van der Waals surface area contributed by atoms with Gasteiger partial charge in [0.15, 0.2) is 5.82 Å². The number of aromatic nitrogens is 3. The maximum Gasteiger partial charge on any atom is 0.249 e. The summed E-state index contributed by atoms with van der Waals surface area (Å²) >= 11 is 6.09. The fraction of sp³-hybridized carbons (Fsp3) is 0. The third-order valence-electron chi connectivity index (χ3n) is 2.97. The lowest BCUT2D eigenvalue weighted by Gasteiger charge is -2.08. The van der Waals surface area contributed by atoms with Crippen molar-refractivity contribution in [3.63, 3.8) is 0 Å². The molecule has 0 unspecified atom stereocenters. The number of anilines is 4. The molecule has 0 fully saturated rings. The van der Waals surface area contributed by atoms with Gasteiger partial charge in [0, 0.05) is 5.69 Å². The van der Waals surface area contributed by atoms with Gasteiger partial charge < -0.3 is 10.6 Å². The Bertz CT molecular complexity index is 857. The maximum atomic E-state index is 8.80. The van der Waals surface area contributed by atoms with Crippen LogP contribution in [-0.4, -0.2) is 15.2 Å². The highest BCUT2D eigenvalue weighted by Gasteiger charge is 2.04. The van der Waals surface area contributed by atoms with Gasteiger partial charge in [0.1, 0.15) is 0 Å². The Morgan fingerprint density at radius 3 is 2.52 bits per heavy atom. The van der Waals surface area contributed by atoms with Crippen molar-refractivity contribution in [2.45, 2.75) is 0 Å². The Balaban J connectivity index is 1.77. The molecule has 0 amide bonds. The van der Waals surface area contributed by atoms with E-state index in [2.05, 4.69) is 31.9 Å². The second-order valence-electron chi connectivity index (χ2n) is 4.58. The van der Waals surface area contributed by atoms with Crippen LogP contribution in [0.25, 0.3) is 0 Å². The van der Waals surface area contributed by atoms with Crippen LogP contribution in [0.5, 0.6) is 0 Å². The highest BCUT2D eigenvalue weighted by molar-refractivity contribution is 6.33. The largest absolute Gasteiger partial charge is 0.339 e. The van der Waals surface area contributed by atoms with E-state index < -0.39 is 0 Å². The first kappa shape index (κ1) is 14.8. The van der Waals surface area contributed by atoms with Crippen LogP contribution in [0.3, 0.4) is 0 Å².